The smallest absolute Gasteiger partial charge is 0.251 e. The number of carbonyl (C=O) groups excluding carboxylic acids is 1. The van der Waals surface area contributed by atoms with Gasteiger partial charge in [0.15, 0.2) is 0 Å². The Hall–Kier alpha value is -3.49. The van der Waals surface area contributed by atoms with E-state index >= 15 is 0 Å². The maximum atomic E-state index is 12.5. The van der Waals surface area contributed by atoms with Crippen LogP contribution >= 0.6 is 0 Å². The van der Waals surface area contributed by atoms with Crippen LogP contribution in [0.4, 0.5) is 11.6 Å². The lowest BCUT2D eigenvalue weighted by Crippen LogP contribution is -2.44. The van der Waals surface area contributed by atoms with Gasteiger partial charge in [-0.05, 0) is 30.3 Å². The van der Waals surface area contributed by atoms with E-state index in [4.69, 9.17) is 9.47 Å². The zero-order chi connectivity index (χ0) is 22.8. The molecule has 0 spiro atoms. The second-order valence-corrected chi connectivity index (χ2v) is 8.50. The number of nitrogens with zero attached hydrogens (tertiary/aromatic N) is 3. The SMILES string of the molecule is CN(C)c1ccc(-c2ccnc(N[C@H]3CO[C@H]4[C@@H]3OC[C@@H]4NC(=O)c3ccccc3)n2)cc1. The summed E-state index contributed by atoms with van der Waals surface area (Å²) in [6.07, 6.45) is 1.35. The van der Waals surface area contributed by atoms with E-state index < -0.39 is 0 Å². The summed E-state index contributed by atoms with van der Waals surface area (Å²) in [4.78, 5) is 23.7. The first-order valence-corrected chi connectivity index (χ1v) is 11.0. The van der Waals surface area contributed by atoms with E-state index in [1.807, 2.05) is 38.4 Å². The maximum Gasteiger partial charge on any atom is 0.251 e. The van der Waals surface area contributed by atoms with Crippen molar-refractivity contribution in [2.24, 2.45) is 0 Å². The summed E-state index contributed by atoms with van der Waals surface area (Å²) < 4.78 is 12.0. The molecule has 170 valence electrons. The monoisotopic (exact) mass is 445 g/mol. The molecule has 2 fully saturated rings. The Labute approximate surface area is 193 Å². The highest BCUT2D eigenvalue weighted by Gasteiger charge is 2.48. The summed E-state index contributed by atoms with van der Waals surface area (Å²) in [6.45, 7) is 0.864. The molecule has 1 amide bonds. The summed E-state index contributed by atoms with van der Waals surface area (Å²) in [6, 6.07) is 19.0. The van der Waals surface area contributed by atoms with Gasteiger partial charge >= 0.3 is 0 Å². The fourth-order valence-electron chi connectivity index (χ4n) is 4.27. The average Bonchev–Trinajstić information content (AvgIpc) is 3.43. The van der Waals surface area contributed by atoms with Gasteiger partial charge in [-0.3, -0.25) is 4.79 Å². The van der Waals surface area contributed by atoms with Crippen molar-refractivity contribution in [1.82, 2.24) is 15.3 Å². The van der Waals surface area contributed by atoms with Gasteiger partial charge in [-0.25, -0.2) is 9.97 Å². The molecular weight excluding hydrogens is 418 g/mol. The number of carbonyl (C=O) groups is 1. The molecule has 0 unspecified atom stereocenters. The Morgan fingerprint density at radius 3 is 2.36 bits per heavy atom. The van der Waals surface area contributed by atoms with Gasteiger partial charge in [0, 0.05) is 37.1 Å². The van der Waals surface area contributed by atoms with Crippen LogP contribution in [-0.2, 0) is 9.47 Å². The van der Waals surface area contributed by atoms with Crippen LogP contribution < -0.4 is 15.5 Å². The number of hydrogen-bond acceptors (Lipinski definition) is 7. The van der Waals surface area contributed by atoms with Gasteiger partial charge in [-0.2, -0.15) is 0 Å². The Morgan fingerprint density at radius 1 is 0.939 bits per heavy atom. The molecule has 3 heterocycles. The van der Waals surface area contributed by atoms with Gasteiger partial charge in [-0.1, -0.05) is 30.3 Å². The normalized spacial score (nSPS) is 23.7. The van der Waals surface area contributed by atoms with Crippen molar-refractivity contribution in [3.8, 4) is 11.3 Å². The topological polar surface area (TPSA) is 88.6 Å². The van der Waals surface area contributed by atoms with Gasteiger partial charge in [0.1, 0.15) is 12.2 Å². The second-order valence-electron chi connectivity index (χ2n) is 8.50. The van der Waals surface area contributed by atoms with E-state index in [2.05, 4.69) is 49.8 Å². The summed E-state index contributed by atoms with van der Waals surface area (Å²) >= 11 is 0. The van der Waals surface area contributed by atoms with E-state index in [0.717, 1.165) is 16.9 Å². The molecule has 0 saturated carbocycles. The molecular formula is C25H27N5O3. The molecule has 2 N–H and O–H groups in total. The number of hydrogen-bond donors (Lipinski definition) is 2. The number of fused-ring (bicyclic) bond motifs is 1. The third kappa shape index (κ3) is 4.53. The lowest BCUT2D eigenvalue weighted by Gasteiger charge is -2.18. The number of rotatable bonds is 6. The first kappa shape index (κ1) is 21.4. The zero-order valence-electron chi connectivity index (χ0n) is 18.6. The predicted octanol–water partition coefficient (Wildman–Crippen LogP) is 2.59. The first-order valence-electron chi connectivity index (χ1n) is 11.0. The maximum absolute atomic E-state index is 12.5. The van der Waals surface area contributed by atoms with Gasteiger partial charge < -0.3 is 25.0 Å². The van der Waals surface area contributed by atoms with Crippen LogP contribution in [0.25, 0.3) is 11.3 Å². The van der Waals surface area contributed by atoms with Crippen molar-refractivity contribution in [2.75, 3.05) is 37.5 Å². The molecule has 0 aliphatic carbocycles. The molecule has 3 aromatic rings. The van der Waals surface area contributed by atoms with Crippen LogP contribution in [0, 0.1) is 0 Å². The van der Waals surface area contributed by atoms with Crippen LogP contribution in [0.1, 0.15) is 10.4 Å². The Morgan fingerprint density at radius 2 is 1.64 bits per heavy atom. The van der Waals surface area contributed by atoms with Crippen molar-refractivity contribution in [3.63, 3.8) is 0 Å². The van der Waals surface area contributed by atoms with Crippen molar-refractivity contribution < 1.29 is 14.3 Å². The van der Waals surface area contributed by atoms with E-state index in [1.54, 1.807) is 18.3 Å². The number of benzene rings is 2. The minimum Gasteiger partial charge on any atom is -0.378 e. The quantitative estimate of drug-likeness (QED) is 0.603. The minimum absolute atomic E-state index is 0.0972. The summed E-state index contributed by atoms with van der Waals surface area (Å²) in [5.74, 6) is 0.403. The van der Waals surface area contributed by atoms with Crippen LogP contribution in [0.5, 0.6) is 0 Å². The summed E-state index contributed by atoms with van der Waals surface area (Å²) in [5.41, 5.74) is 3.62. The molecule has 4 atom stereocenters. The van der Waals surface area contributed by atoms with E-state index in [1.165, 1.54) is 0 Å². The number of aromatic nitrogens is 2. The Kier molecular flexibility index (Phi) is 5.93. The highest BCUT2D eigenvalue weighted by atomic mass is 16.6. The first-order chi connectivity index (χ1) is 16.1. The van der Waals surface area contributed by atoms with Crippen LogP contribution in [0.3, 0.4) is 0 Å². The molecule has 0 bridgehead atoms. The molecule has 5 rings (SSSR count). The van der Waals surface area contributed by atoms with Gasteiger partial charge in [-0.15, -0.1) is 0 Å². The molecule has 33 heavy (non-hydrogen) atoms. The second kappa shape index (κ2) is 9.17. The van der Waals surface area contributed by atoms with Crippen molar-refractivity contribution in [2.45, 2.75) is 24.3 Å². The Balaban J connectivity index is 1.23. The van der Waals surface area contributed by atoms with Gasteiger partial charge in [0.2, 0.25) is 5.95 Å². The molecule has 0 radical (unpaired) electrons. The van der Waals surface area contributed by atoms with Crippen LogP contribution in [0.15, 0.2) is 66.9 Å². The number of ether oxygens (including phenoxy) is 2. The number of amides is 1. The molecule has 1 aromatic heterocycles. The third-order valence-electron chi connectivity index (χ3n) is 6.06. The standard InChI is InChI=1S/C25H27N5O3/c1-30(2)18-10-8-16(9-11-18)19-12-13-26-25(28-19)29-21-15-33-22-20(14-32-23(21)22)27-24(31)17-6-4-3-5-7-17/h3-13,20-23H,14-15H2,1-2H3,(H,27,31)(H,26,28,29)/t20-,21-,22+,23+/m0/s1. The van der Waals surface area contributed by atoms with Gasteiger partial charge in [0.25, 0.3) is 5.91 Å². The lowest BCUT2D eigenvalue weighted by molar-refractivity contribution is 0.0652. The molecule has 2 saturated heterocycles. The van der Waals surface area contributed by atoms with E-state index in [-0.39, 0.29) is 30.2 Å². The van der Waals surface area contributed by atoms with E-state index in [9.17, 15) is 4.79 Å². The third-order valence-corrected chi connectivity index (χ3v) is 6.06. The van der Waals surface area contributed by atoms with Crippen LogP contribution in [0.2, 0.25) is 0 Å². The summed E-state index contributed by atoms with van der Waals surface area (Å²) in [5, 5.41) is 6.41. The fraction of sp³-hybridized carbons (Fsp3) is 0.320. The average molecular weight is 446 g/mol. The minimum atomic E-state index is -0.211. The predicted molar refractivity (Wildman–Crippen MR) is 126 cm³/mol. The highest BCUT2D eigenvalue weighted by Crippen LogP contribution is 2.29. The van der Waals surface area contributed by atoms with Crippen molar-refractivity contribution in [1.29, 1.82) is 0 Å². The highest BCUT2D eigenvalue weighted by molar-refractivity contribution is 5.94. The largest absolute Gasteiger partial charge is 0.378 e. The number of anilines is 2. The Bertz CT molecular complexity index is 1110. The van der Waals surface area contributed by atoms with E-state index in [0.29, 0.717) is 24.7 Å². The summed E-state index contributed by atoms with van der Waals surface area (Å²) in [7, 11) is 4.03. The molecule has 8 heteroatoms. The van der Waals surface area contributed by atoms with Crippen molar-refractivity contribution in [3.05, 3.63) is 72.4 Å². The van der Waals surface area contributed by atoms with Crippen molar-refractivity contribution >= 4 is 17.5 Å². The molecule has 2 aliphatic heterocycles. The lowest BCUT2D eigenvalue weighted by atomic mass is 10.1. The molecule has 8 nitrogen and oxygen atoms in total. The molecule has 2 aliphatic rings. The fourth-order valence-corrected chi connectivity index (χ4v) is 4.27. The molecule has 2 aromatic carbocycles. The zero-order valence-corrected chi connectivity index (χ0v) is 18.6. The van der Waals surface area contributed by atoms with Crippen LogP contribution in [-0.4, -0.2) is 67.5 Å². The number of nitrogens with one attached hydrogen (secondary N) is 2. The van der Waals surface area contributed by atoms with Gasteiger partial charge in [0.05, 0.1) is 31.0 Å².